The highest BCUT2D eigenvalue weighted by atomic mass is 16.7. The number of carbonyl (C=O) groups is 2. The van der Waals surface area contributed by atoms with E-state index in [4.69, 9.17) is 18.9 Å². The van der Waals surface area contributed by atoms with Crippen molar-refractivity contribution in [2.75, 3.05) is 13.7 Å². The molecule has 0 saturated carbocycles. The molecule has 0 aromatic heterocycles. The van der Waals surface area contributed by atoms with Gasteiger partial charge in [-0.05, 0) is 27.2 Å². The van der Waals surface area contributed by atoms with Crippen LogP contribution in [0.5, 0.6) is 0 Å². The molecule has 3 heterocycles. The van der Waals surface area contributed by atoms with Crippen molar-refractivity contribution in [3.63, 3.8) is 0 Å². The fourth-order valence-corrected chi connectivity index (χ4v) is 4.68. The summed E-state index contributed by atoms with van der Waals surface area (Å²) in [4.78, 5) is 24.8. The Morgan fingerprint density at radius 3 is 2.69 bits per heavy atom. The number of aliphatic hydroxyl groups excluding tert-OH is 2. The third-order valence-corrected chi connectivity index (χ3v) is 6.64. The second-order valence-electron chi connectivity index (χ2n) is 8.38. The van der Waals surface area contributed by atoms with Crippen LogP contribution in [0.15, 0.2) is 23.8 Å². The van der Waals surface area contributed by atoms with Gasteiger partial charge in [0, 0.05) is 37.0 Å². The van der Waals surface area contributed by atoms with Gasteiger partial charge in [-0.25, -0.2) is 9.59 Å². The van der Waals surface area contributed by atoms with E-state index in [0.717, 1.165) is 0 Å². The van der Waals surface area contributed by atoms with E-state index in [1.165, 1.54) is 7.11 Å². The number of rotatable bonds is 4. The summed E-state index contributed by atoms with van der Waals surface area (Å²) in [5.41, 5.74) is -0.473. The van der Waals surface area contributed by atoms with E-state index >= 15 is 0 Å². The van der Waals surface area contributed by atoms with Crippen LogP contribution >= 0.6 is 0 Å². The van der Waals surface area contributed by atoms with Crippen molar-refractivity contribution in [2.45, 2.75) is 69.7 Å². The second kappa shape index (κ2) is 7.83. The summed E-state index contributed by atoms with van der Waals surface area (Å²) in [6, 6.07) is 0. The zero-order valence-corrected chi connectivity index (χ0v) is 17.3. The predicted molar refractivity (Wildman–Crippen MR) is 101 cm³/mol. The number of methoxy groups -OCH3 is 1. The van der Waals surface area contributed by atoms with Crippen LogP contribution in [0.2, 0.25) is 0 Å². The molecule has 3 aliphatic rings. The molecule has 0 aliphatic carbocycles. The largest absolute Gasteiger partial charge is 0.458 e. The molecule has 8 heteroatoms. The van der Waals surface area contributed by atoms with E-state index in [0.29, 0.717) is 5.57 Å². The van der Waals surface area contributed by atoms with E-state index in [1.807, 2.05) is 0 Å². The van der Waals surface area contributed by atoms with E-state index in [9.17, 15) is 19.8 Å². The van der Waals surface area contributed by atoms with Gasteiger partial charge in [-0.15, -0.1) is 0 Å². The van der Waals surface area contributed by atoms with E-state index in [1.54, 1.807) is 26.8 Å². The van der Waals surface area contributed by atoms with Crippen LogP contribution in [0.1, 0.15) is 40.0 Å². The third-order valence-electron chi connectivity index (χ3n) is 6.64. The average Bonchev–Trinajstić information content (AvgIpc) is 3.12. The van der Waals surface area contributed by atoms with Gasteiger partial charge in [0.25, 0.3) is 0 Å². The number of hydrogen-bond donors (Lipinski definition) is 2. The first-order chi connectivity index (χ1) is 13.6. The lowest BCUT2D eigenvalue weighted by molar-refractivity contribution is -0.274. The fraction of sp³-hybridized carbons (Fsp3) is 0.714. The topological polar surface area (TPSA) is 112 Å². The first kappa shape index (κ1) is 22.0. The number of carbonyl (C=O) groups excluding carboxylic acids is 2. The van der Waals surface area contributed by atoms with Crippen LogP contribution in [0.25, 0.3) is 0 Å². The van der Waals surface area contributed by atoms with Crippen LogP contribution < -0.4 is 0 Å². The van der Waals surface area contributed by atoms with E-state index in [-0.39, 0.29) is 31.4 Å². The number of ether oxygens (including phenoxy) is 4. The number of esters is 2. The van der Waals surface area contributed by atoms with Gasteiger partial charge in [0.2, 0.25) is 0 Å². The van der Waals surface area contributed by atoms with Gasteiger partial charge in [-0.2, -0.15) is 0 Å². The molecule has 2 bridgehead atoms. The van der Waals surface area contributed by atoms with E-state index in [2.05, 4.69) is 6.58 Å². The summed E-state index contributed by atoms with van der Waals surface area (Å²) in [7, 11) is 1.46. The fourth-order valence-electron chi connectivity index (χ4n) is 4.68. The molecule has 0 spiro atoms. The van der Waals surface area contributed by atoms with Gasteiger partial charge >= 0.3 is 11.9 Å². The molecule has 3 saturated heterocycles. The molecule has 0 radical (unpaired) electrons. The molecule has 3 fully saturated rings. The standard InChI is InChI=1S/C21H30O8/c1-6-11(2)18(24)28-15-8-20(4)16(23)9-21(26-5,29-20)13(10-22)7-14-17(15)12(3)19(25)27-14/h6,13-17,22-23H,3,7-10H2,1-2,4-5H3/b11-6-/t13-,14+,15-,16-,17+,20+,21+/m1/s1. The zero-order valence-electron chi connectivity index (χ0n) is 17.3. The predicted octanol–water partition coefficient (Wildman–Crippen LogP) is 1.25. The molecular formula is C21H30O8. The minimum Gasteiger partial charge on any atom is -0.458 e. The van der Waals surface area contributed by atoms with Crippen molar-refractivity contribution < 1.29 is 38.7 Å². The van der Waals surface area contributed by atoms with Gasteiger partial charge < -0.3 is 29.2 Å². The highest BCUT2D eigenvalue weighted by Crippen LogP contribution is 2.51. The second-order valence-corrected chi connectivity index (χ2v) is 8.38. The molecule has 29 heavy (non-hydrogen) atoms. The number of allylic oxidation sites excluding steroid dienone is 1. The maximum absolute atomic E-state index is 12.5. The van der Waals surface area contributed by atoms with Crippen molar-refractivity contribution in [1.82, 2.24) is 0 Å². The summed E-state index contributed by atoms with van der Waals surface area (Å²) in [5, 5.41) is 20.9. The zero-order chi connectivity index (χ0) is 21.6. The highest BCUT2D eigenvalue weighted by molar-refractivity contribution is 5.91. The quantitative estimate of drug-likeness (QED) is 0.526. The molecule has 162 valence electrons. The summed E-state index contributed by atoms with van der Waals surface area (Å²) in [5.74, 6) is -3.46. The molecular weight excluding hydrogens is 380 g/mol. The molecule has 0 aromatic rings. The van der Waals surface area contributed by atoms with Crippen LogP contribution in [0.3, 0.4) is 0 Å². The SMILES string of the molecule is C=C1C(=O)O[C@H]2C[C@H](CO)[C@]3(OC)C[C@@H](O)[C@](C)(C[C@@H](OC(=O)/C(C)=C\C)[C@@H]12)O3. The molecule has 0 unspecified atom stereocenters. The van der Waals surface area contributed by atoms with E-state index < -0.39 is 53.5 Å². The van der Waals surface area contributed by atoms with Crippen molar-refractivity contribution in [2.24, 2.45) is 11.8 Å². The van der Waals surface area contributed by atoms with Gasteiger partial charge in [0.1, 0.15) is 12.2 Å². The Labute approximate surface area is 170 Å². The van der Waals surface area contributed by atoms with Crippen LogP contribution in [0, 0.1) is 11.8 Å². The highest BCUT2D eigenvalue weighted by Gasteiger charge is 2.61. The van der Waals surface area contributed by atoms with Crippen LogP contribution in [-0.2, 0) is 28.5 Å². The first-order valence-corrected chi connectivity index (χ1v) is 9.88. The Kier molecular flexibility index (Phi) is 5.93. The van der Waals surface area contributed by atoms with Crippen molar-refractivity contribution in [3.8, 4) is 0 Å². The number of aliphatic hydroxyl groups is 2. The minimum absolute atomic E-state index is 0.122. The lowest BCUT2D eigenvalue weighted by Crippen LogP contribution is -2.45. The van der Waals surface area contributed by atoms with Gasteiger partial charge in [-0.3, -0.25) is 0 Å². The maximum Gasteiger partial charge on any atom is 0.334 e. The number of hydrogen-bond acceptors (Lipinski definition) is 8. The van der Waals surface area contributed by atoms with Crippen LogP contribution in [0.4, 0.5) is 0 Å². The Balaban J connectivity index is 2.06. The summed E-state index contributed by atoms with van der Waals surface area (Å²) in [6.07, 6.45) is -0.232. The Morgan fingerprint density at radius 1 is 1.41 bits per heavy atom. The summed E-state index contributed by atoms with van der Waals surface area (Å²) in [6.45, 7) is 8.66. The smallest absolute Gasteiger partial charge is 0.334 e. The lowest BCUT2D eigenvalue weighted by atomic mass is 9.77. The maximum atomic E-state index is 12.5. The average molecular weight is 410 g/mol. The van der Waals surface area contributed by atoms with Crippen molar-refractivity contribution >= 4 is 11.9 Å². The molecule has 0 amide bonds. The normalized spacial score (nSPS) is 42.6. The molecule has 0 aromatic carbocycles. The van der Waals surface area contributed by atoms with Crippen molar-refractivity contribution in [3.05, 3.63) is 23.8 Å². The lowest BCUT2D eigenvalue weighted by Gasteiger charge is -2.37. The minimum atomic E-state index is -1.23. The van der Waals surface area contributed by atoms with Gasteiger partial charge in [0.15, 0.2) is 5.79 Å². The summed E-state index contributed by atoms with van der Waals surface area (Å²) >= 11 is 0. The molecule has 2 N–H and O–H groups in total. The molecule has 3 rings (SSSR count). The molecule has 8 nitrogen and oxygen atoms in total. The Bertz CT molecular complexity index is 730. The monoisotopic (exact) mass is 410 g/mol. The molecule has 3 aliphatic heterocycles. The number of fused-ring (bicyclic) bond motifs is 3. The van der Waals surface area contributed by atoms with Crippen molar-refractivity contribution in [1.29, 1.82) is 0 Å². The first-order valence-electron chi connectivity index (χ1n) is 9.88. The summed E-state index contributed by atoms with van der Waals surface area (Å²) < 4.78 is 23.2. The van der Waals surface area contributed by atoms with Gasteiger partial charge in [0.05, 0.1) is 24.2 Å². The Hall–Kier alpha value is -1.74. The van der Waals surface area contributed by atoms with Crippen LogP contribution in [-0.4, -0.2) is 65.6 Å². The van der Waals surface area contributed by atoms with Gasteiger partial charge in [-0.1, -0.05) is 12.7 Å². The molecule has 7 atom stereocenters. The Morgan fingerprint density at radius 2 is 2.10 bits per heavy atom. The third kappa shape index (κ3) is 3.63.